The van der Waals surface area contributed by atoms with Gasteiger partial charge in [-0.05, 0) is 35.6 Å². The summed E-state index contributed by atoms with van der Waals surface area (Å²) in [6.45, 7) is 7.64. The second kappa shape index (κ2) is 7.15. The molecule has 0 saturated heterocycles. The van der Waals surface area contributed by atoms with Crippen molar-refractivity contribution in [2.45, 2.75) is 38.6 Å². The molecule has 1 aromatic carbocycles. The fourth-order valence-electron chi connectivity index (χ4n) is 2.36. The first-order chi connectivity index (χ1) is 9.94. The van der Waals surface area contributed by atoms with Crippen molar-refractivity contribution in [2.75, 3.05) is 6.54 Å². The number of benzene rings is 1. The number of rotatable bonds is 6. The van der Waals surface area contributed by atoms with E-state index in [1.807, 2.05) is 29.5 Å². The molecule has 21 heavy (non-hydrogen) atoms. The zero-order chi connectivity index (χ0) is 15.5. The number of thiophene rings is 1. The molecule has 0 saturated carbocycles. The van der Waals surface area contributed by atoms with Crippen molar-refractivity contribution in [2.24, 2.45) is 0 Å². The largest absolute Gasteiger partial charge is 0.309 e. The van der Waals surface area contributed by atoms with E-state index >= 15 is 0 Å². The summed E-state index contributed by atoms with van der Waals surface area (Å²) in [7, 11) is 0. The Labute approximate surface area is 141 Å². The van der Waals surface area contributed by atoms with E-state index in [-0.39, 0.29) is 5.41 Å². The third kappa shape index (κ3) is 4.23. The summed E-state index contributed by atoms with van der Waals surface area (Å²) in [5.74, 6) is 0. The van der Waals surface area contributed by atoms with Crippen LogP contribution in [0.5, 0.6) is 0 Å². The van der Waals surface area contributed by atoms with Gasteiger partial charge in [-0.25, -0.2) is 0 Å². The maximum absolute atomic E-state index is 6.13. The summed E-state index contributed by atoms with van der Waals surface area (Å²) >= 11 is 13.9. The molecule has 0 aliphatic rings. The highest BCUT2D eigenvalue weighted by Crippen LogP contribution is 2.30. The lowest BCUT2D eigenvalue weighted by molar-refractivity contribution is 0.421. The van der Waals surface area contributed by atoms with E-state index in [1.54, 1.807) is 0 Å². The van der Waals surface area contributed by atoms with Crippen molar-refractivity contribution in [3.63, 3.8) is 0 Å². The summed E-state index contributed by atoms with van der Waals surface area (Å²) in [6, 6.07) is 10.5. The van der Waals surface area contributed by atoms with Crippen LogP contribution in [-0.2, 0) is 5.41 Å². The first-order valence-electron chi connectivity index (χ1n) is 7.16. The van der Waals surface area contributed by atoms with Crippen LogP contribution in [0.1, 0.15) is 43.7 Å². The quantitative estimate of drug-likeness (QED) is 0.671. The Morgan fingerprint density at radius 2 is 1.95 bits per heavy atom. The van der Waals surface area contributed by atoms with Crippen LogP contribution < -0.4 is 5.32 Å². The van der Waals surface area contributed by atoms with Gasteiger partial charge in [0, 0.05) is 22.9 Å². The predicted molar refractivity (Wildman–Crippen MR) is 94.8 cm³/mol. The van der Waals surface area contributed by atoms with Crippen molar-refractivity contribution in [3.05, 3.63) is 56.2 Å². The summed E-state index contributed by atoms with van der Waals surface area (Å²) in [6.07, 6.45) is 1.01. The van der Waals surface area contributed by atoms with Crippen LogP contribution in [0, 0.1) is 0 Å². The van der Waals surface area contributed by atoms with Crippen molar-refractivity contribution < 1.29 is 0 Å². The topological polar surface area (TPSA) is 12.0 Å². The van der Waals surface area contributed by atoms with Gasteiger partial charge in [0.15, 0.2) is 0 Å². The Bertz CT molecular complexity index is 578. The molecule has 114 valence electrons. The van der Waals surface area contributed by atoms with E-state index in [1.165, 1.54) is 10.4 Å². The summed E-state index contributed by atoms with van der Waals surface area (Å²) < 4.78 is 0. The van der Waals surface area contributed by atoms with Crippen LogP contribution in [0.4, 0.5) is 0 Å². The molecule has 4 heteroatoms. The van der Waals surface area contributed by atoms with Crippen molar-refractivity contribution in [1.82, 2.24) is 5.32 Å². The monoisotopic (exact) mass is 341 g/mol. The molecule has 0 fully saturated rings. The molecule has 2 rings (SSSR count). The molecule has 2 aromatic rings. The summed E-state index contributed by atoms with van der Waals surface area (Å²) in [4.78, 5) is 1.40. The first kappa shape index (κ1) is 16.8. The minimum atomic E-state index is 0.123. The van der Waals surface area contributed by atoms with Gasteiger partial charge in [0.2, 0.25) is 0 Å². The van der Waals surface area contributed by atoms with Crippen LogP contribution in [0.15, 0.2) is 35.7 Å². The van der Waals surface area contributed by atoms with Crippen molar-refractivity contribution in [1.29, 1.82) is 0 Å². The number of hydrogen-bond donors (Lipinski definition) is 1. The maximum Gasteiger partial charge on any atom is 0.0595 e. The number of halogens is 2. The highest BCUT2D eigenvalue weighted by Gasteiger charge is 2.23. The van der Waals surface area contributed by atoms with Crippen LogP contribution in [0.2, 0.25) is 10.0 Å². The van der Waals surface area contributed by atoms with Gasteiger partial charge in [-0.3, -0.25) is 0 Å². The van der Waals surface area contributed by atoms with Crippen molar-refractivity contribution >= 4 is 34.5 Å². The number of hydrogen-bond acceptors (Lipinski definition) is 2. The number of nitrogens with one attached hydrogen (secondary N) is 1. The predicted octanol–water partition coefficient (Wildman–Crippen LogP) is 6.07. The van der Waals surface area contributed by atoms with E-state index in [0.717, 1.165) is 13.0 Å². The zero-order valence-corrected chi connectivity index (χ0v) is 14.9. The molecule has 0 amide bonds. The molecule has 0 aliphatic heterocycles. The van der Waals surface area contributed by atoms with Crippen LogP contribution in [0.25, 0.3) is 0 Å². The summed E-state index contributed by atoms with van der Waals surface area (Å²) in [5.41, 5.74) is 1.31. The lowest BCUT2D eigenvalue weighted by atomic mass is 9.90. The van der Waals surface area contributed by atoms with E-state index in [9.17, 15) is 0 Å². The van der Waals surface area contributed by atoms with Gasteiger partial charge in [0.1, 0.15) is 0 Å². The molecule has 0 bridgehead atoms. The van der Waals surface area contributed by atoms with E-state index in [2.05, 4.69) is 43.6 Å². The molecule has 1 atom stereocenters. The third-order valence-electron chi connectivity index (χ3n) is 3.73. The molecule has 1 nitrogen and oxygen atoms in total. The Balaban J connectivity index is 2.07. The highest BCUT2D eigenvalue weighted by molar-refractivity contribution is 7.10. The fraction of sp³-hybridized carbons (Fsp3) is 0.412. The molecule has 1 unspecified atom stereocenters. The molecule has 1 heterocycles. The first-order valence-corrected chi connectivity index (χ1v) is 8.80. The second-order valence-corrected chi connectivity index (χ2v) is 7.64. The molecule has 0 aliphatic carbocycles. The normalized spacial score (nSPS) is 13.4. The van der Waals surface area contributed by atoms with Gasteiger partial charge in [-0.15, -0.1) is 11.3 Å². The summed E-state index contributed by atoms with van der Waals surface area (Å²) in [5, 5.41) is 7.02. The zero-order valence-electron chi connectivity index (χ0n) is 12.6. The lowest BCUT2D eigenvalue weighted by Crippen LogP contribution is -2.34. The van der Waals surface area contributed by atoms with Gasteiger partial charge < -0.3 is 5.32 Å². The maximum atomic E-state index is 6.13. The fourth-order valence-corrected chi connectivity index (χ4v) is 3.51. The van der Waals surface area contributed by atoms with Crippen LogP contribution >= 0.6 is 34.5 Å². The Morgan fingerprint density at radius 3 is 2.52 bits per heavy atom. The van der Waals surface area contributed by atoms with Crippen LogP contribution in [-0.4, -0.2) is 6.54 Å². The van der Waals surface area contributed by atoms with Gasteiger partial charge in [0.25, 0.3) is 0 Å². The van der Waals surface area contributed by atoms with E-state index in [0.29, 0.717) is 16.1 Å². The standard InChI is InChI=1S/C17H21Cl2NS/c1-4-15(12-7-8-13(18)14(19)10-12)20-11-17(2,3)16-6-5-9-21-16/h5-10,15,20H,4,11H2,1-3H3. The molecular weight excluding hydrogens is 321 g/mol. The molecule has 0 spiro atoms. The van der Waals surface area contributed by atoms with Gasteiger partial charge in [0.05, 0.1) is 10.0 Å². The average Bonchev–Trinajstić information content (AvgIpc) is 2.98. The minimum absolute atomic E-state index is 0.123. The van der Waals surface area contributed by atoms with Gasteiger partial charge in [-0.2, -0.15) is 0 Å². The van der Waals surface area contributed by atoms with E-state index < -0.39 is 0 Å². The second-order valence-electron chi connectivity index (χ2n) is 5.88. The third-order valence-corrected chi connectivity index (χ3v) is 5.71. The molecule has 1 N–H and O–H groups in total. The molecule has 1 aromatic heterocycles. The van der Waals surface area contributed by atoms with Gasteiger partial charge >= 0.3 is 0 Å². The van der Waals surface area contributed by atoms with Crippen LogP contribution in [0.3, 0.4) is 0 Å². The minimum Gasteiger partial charge on any atom is -0.309 e. The van der Waals surface area contributed by atoms with Gasteiger partial charge in [-0.1, -0.05) is 56.1 Å². The van der Waals surface area contributed by atoms with E-state index in [4.69, 9.17) is 23.2 Å². The Kier molecular flexibility index (Phi) is 5.73. The molecule has 0 radical (unpaired) electrons. The average molecular weight is 342 g/mol. The Hall–Kier alpha value is -0.540. The lowest BCUT2D eigenvalue weighted by Gasteiger charge is -2.27. The smallest absolute Gasteiger partial charge is 0.0595 e. The SMILES string of the molecule is CCC(NCC(C)(C)c1cccs1)c1ccc(Cl)c(Cl)c1. The molecular formula is C17H21Cl2NS. The highest BCUT2D eigenvalue weighted by atomic mass is 35.5. The Morgan fingerprint density at radius 1 is 1.19 bits per heavy atom. The van der Waals surface area contributed by atoms with Crippen molar-refractivity contribution in [3.8, 4) is 0 Å².